The van der Waals surface area contributed by atoms with Gasteiger partial charge in [-0.25, -0.2) is 0 Å². The molecule has 27 heavy (non-hydrogen) atoms. The van der Waals surface area contributed by atoms with Gasteiger partial charge >= 0.3 is 0 Å². The molecule has 0 saturated heterocycles. The number of nitrogens with zero attached hydrogens (tertiary/aromatic N) is 1. The Morgan fingerprint density at radius 1 is 0.963 bits per heavy atom. The number of ether oxygens (including phenoxy) is 1. The van der Waals surface area contributed by atoms with Gasteiger partial charge in [0.2, 0.25) is 0 Å². The van der Waals surface area contributed by atoms with Crippen LogP contribution in [0.25, 0.3) is 22.3 Å². The Hall–Kier alpha value is -2.55. The van der Waals surface area contributed by atoms with Crippen LogP contribution in [0.4, 0.5) is 0 Å². The average Bonchev–Trinajstić information content (AvgIpc) is 2.68. The molecule has 0 unspecified atom stereocenters. The van der Waals surface area contributed by atoms with E-state index in [0.29, 0.717) is 6.04 Å². The predicted molar refractivity (Wildman–Crippen MR) is 110 cm³/mol. The summed E-state index contributed by atoms with van der Waals surface area (Å²) in [6, 6.07) is 14.9. The zero-order chi connectivity index (χ0) is 18.8. The first-order valence-electron chi connectivity index (χ1n) is 9.87. The Morgan fingerprint density at radius 3 is 2.41 bits per heavy atom. The average molecular weight is 361 g/mol. The van der Waals surface area contributed by atoms with Crippen LogP contribution in [0.3, 0.4) is 0 Å². The van der Waals surface area contributed by atoms with Gasteiger partial charge in [-0.3, -0.25) is 4.99 Å². The van der Waals surface area contributed by atoms with Crippen molar-refractivity contribution in [2.45, 2.75) is 52.0 Å². The molecule has 0 amide bonds. The Labute approximate surface area is 160 Å². The molecule has 0 N–H and O–H groups in total. The van der Waals surface area contributed by atoms with Gasteiger partial charge in [-0.15, -0.1) is 0 Å². The van der Waals surface area contributed by atoms with Crippen LogP contribution in [0, 0.1) is 13.8 Å². The summed E-state index contributed by atoms with van der Waals surface area (Å²) in [7, 11) is 1.68. The van der Waals surface area contributed by atoms with Gasteiger partial charge < -0.3 is 9.15 Å². The van der Waals surface area contributed by atoms with Gasteiger partial charge in [0, 0.05) is 17.0 Å². The maximum absolute atomic E-state index is 6.31. The van der Waals surface area contributed by atoms with E-state index in [1.54, 1.807) is 7.11 Å². The molecule has 0 spiro atoms. The molecule has 1 fully saturated rings. The number of aryl methyl sites for hydroxylation is 2. The summed E-state index contributed by atoms with van der Waals surface area (Å²) in [5.74, 6) is 1.70. The molecule has 1 aliphatic carbocycles. The van der Waals surface area contributed by atoms with Gasteiger partial charge in [0.1, 0.15) is 17.1 Å². The first-order chi connectivity index (χ1) is 13.1. The quantitative estimate of drug-likeness (QED) is 0.577. The van der Waals surface area contributed by atoms with E-state index in [1.165, 1.54) is 43.2 Å². The third-order valence-electron chi connectivity index (χ3n) is 5.46. The van der Waals surface area contributed by atoms with Crippen LogP contribution in [0.15, 0.2) is 51.9 Å². The lowest BCUT2D eigenvalue weighted by molar-refractivity contribution is 0.415. The minimum atomic E-state index is 0.425. The molecule has 0 radical (unpaired) electrons. The molecule has 1 saturated carbocycles. The summed E-state index contributed by atoms with van der Waals surface area (Å²) < 4.78 is 11.6. The SMILES string of the molecule is COc1ccc(-c2cc(=NC3CCCCC3)c3c(C)cc(C)cc3o2)cc1. The first kappa shape index (κ1) is 17.8. The fourth-order valence-electron chi connectivity index (χ4n) is 4.09. The van der Waals surface area contributed by atoms with Gasteiger partial charge in [0.25, 0.3) is 0 Å². The van der Waals surface area contributed by atoms with Crippen LogP contribution in [0.2, 0.25) is 0 Å². The van der Waals surface area contributed by atoms with Crippen LogP contribution in [0.5, 0.6) is 5.75 Å². The Kier molecular flexibility index (Phi) is 5.02. The van der Waals surface area contributed by atoms with Gasteiger partial charge in [-0.2, -0.15) is 0 Å². The van der Waals surface area contributed by atoms with E-state index < -0.39 is 0 Å². The fraction of sp³-hybridized carbons (Fsp3) is 0.375. The Morgan fingerprint density at radius 2 is 1.70 bits per heavy atom. The van der Waals surface area contributed by atoms with E-state index in [4.69, 9.17) is 14.1 Å². The smallest absolute Gasteiger partial charge is 0.137 e. The maximum atomic E-state index is 6.31. The predicted octanol–water partition coefficient (Wildman–Crippen LogP) is 5.96. The monoisotopic (exact) mass is 361 g/mol. The van der Waals surface area contributed by atoms with Gasteiger partial charge in [0.05, 0.1) is 18.5 Å². The number of rotatable bonds is 3. The number of fused-ring (bicyclic) bond motifs is 1. The molecule has 1 heterocycles. The summed E-state index contributed by atoms with van der Waals surface area (Å²) in [5.41, 5.74) is 4.39. The summed E-state index contributed by atoms with van der Waals surface area (Å²) >= 11 is 0. The third kappa shape index (κ3) is 3.78. The van der Waals surface area contributed by atoms with Crippen molar-refractivity contribution in [2.24, 2.45) is 4.99 Å². The van der Waals surface area contributed by atoms with Crippen molar-refractivity contribution in [3.63, 3.8) is 0 Å². The summed E-state index contributed by atoms with van der Waals surface area (Å²) in [4.78, 5) is 5.17. The lowest BCUT2D eigenvalue weighted by Crippen LogP contribution is -2.16. The molecule has 0 bridgehead atoms. The van der Waals surface area contributed by atoms with E-state index >= 15 is 0 Å². The fourth-order valence-corrected chi connectivity index (χ4v) is 4.09. The van der Waals surface area contributed by atoms with Crippen LogP contribution in [-0.2, 0) is 0 Å². The second-order valence-electron chi connectivity index (χ2n) is 7.60. The van der Waals surface area contributed by atoms with Crippen molar-refractivity contribution >= 4 is 11.0 Å². The molecule has 1 aromatic heterocycles. The number of methoxy groups -OCH3 is 1. The second kappa shape index (κ2) is 7.59. The van der Waals surface area contributed by atoms with Crippen molar-refractivity contribution in [1.29, 1.82) is 0 Å². The van der Waals surface area contributed by atoms with Crippen LogP contribution in [-0.4, -0.2) is 13.2 Å². The van der Waals surface area contributed by atoms with Gasteiger partial charge in [-0.1, -0.05) is 25.3 Å². The molecule has 0 aliphatic heterocycles. The van der Waals surface area contributed by atoms with Crippen LogP contribution in [0.1, 0.15) is 43.2 Å². The Bertz CT molecular complexity index is 1010. The molecule has 1 aliphatic rings. The molecular weight excluding hydrogens is 334 g/mol. The van der Waals surface area contributed by atoms with E-state index in [0.717, 1.165) is 33.4 Å². The highest BCUT2D eigenvalue weighted by Crippen LogP contribution is 2.27. The molecule has 3 aromatic rings. The number of hydrogen-bond acceptors (Lipinski definition) is 3. The third-order valence-corrected chi connectivity index (χ3v) is 5.46. The molecule has 2 aromatic carbocycles. The molecule has 0 atom stereocenters. The standard InChI is InChI=1S/C24H27NO2/c1-16-13-17(2)24-21(25-19-7-5-4-6-8-19)15-22(27-23(24)14-16)18-9-11-20(26-3)12-10-18/h9-15,19H,4-8H2,1-3H3. The van der Waals surface area contributed by atoms with E-state index in [-0.39, 0.29) is 0 Å². The molecule has 140 valence electrons. The zero-order valence-corrected chi connectivity index (χ0v) is 16.4. The first-order valence-corrected chi connectivity index (χ1v) is 9.87. The summed E-state index contributed by atoms with van der Waals surface area (Å²) in [5, 5.41) is 2.20. The Balaban J connectivity index is 1.91. The van der Waals surface area contributed by atoms with Crippen molar-refractivity contribution in [2.75, 3.05) is 7.11 Å². The molecule has 4 rings (SSSR count). The number of hydrogen-bond donors (Lipinski definition) is 0. The van der Waals surface area contributed by atoms with E-state index in [1.807, 2.05) is 24.3 Å². The normalized spacial score (nSPS) is 16.0. The summed E-state index contributed by atoms with van der Waals surface area (Å²) in [6.07, 6.45) is 6.29. The summed E-state index contributed by atoms with van der Waals surface area (Å²) in [6.45, 7) is 4.26. The van der Waals surface area contributed by atoms with Crippen LogP contribution >= 0.6 is 0 Å². The largest absolute Gasteiger partial charge is 0.497 e. The van der Waals surface area contributed by atoms with Gasteiger partial charge in [0.15, 0.2) is 0 Å². The highest BCUT2D eigenvalue weighted by molar-refractivity contribution is 5.82. The van der Waals surface area contributed by atoms with Crippen molar-refractivity contribution < 1.29 is 9.15 Å². The van der Waals surface area contributed by atoms with Crippen LogP contribution < -0.4 is 10.1 Å². The lowest BCUT2D eigenvalue weighted by Gasteiger charge is -2.18. The second-order valence-corrected chi connectivity index (χ2v) is 7.60. The topological polar surface area (TPSA) is 34.7 Å². The van der Waals surface area contributed by atoms with E-state index in [2.05, 4.69) is 32.0 Å². The molecule has 3 nitrogen and oxygen atoms in total. The van der Waals surface area contributed by atoms with Crippen molar-refractivity contribution in [1.82, 2.24) is 0 Å². The minimum Gasteiger partial charge on any atom is -0.497 e. The highest BCUT2D eigenvalue weighted by atomic mass is 16.5. The van der Waals surface area contributed by atoms with Crippen molar-refractivity contribution in [3.05, 3.63) is 58.9 Å². The lowest BCUT2D eigenvalue weighted by atomic mass is 9.96. The van der Waals surface area contributed by atoms with Gasteiger partial charge in [-0.05, 0) is 68.1 Å². The zero-order valence-electron chi connectivity index (χ0n) is 16.4. The molecule has 3 heteroatoms. The van der Waals surface area contributed by atoms with E-state index in [9.17, 15) is 0 Å². The number of benzene rings is 2. The van der Waals surface area contributed by atoms with Crippen molar-refractivity contribution in [3.8, 4) is 17.1 Å². The minimum absolute atomic E-state index is 0.425. The highest BCUT2D eigenvalue weighted by Gasteiger charge is 2.14. The maximum Gasteiger partial charge on any atom is 0.137 e. The molecular formula is C24H27NO2.